The molecule has 0 amide bonds. The van der Waals surface area contributed by atoms with E-state index in [0.717, 1.165) is 27.6 Å². The molecule has 5 nitrogen and oxygen atoms in total. The summed E-state index contributed by atoms with van der Waals surface area (Å²) < 4.78 is 30.3. The van der Waals surface area contributed by atoms with Gasteiger partial charge in [0.2, 0.25) is 10.0 Å². The molecule has 0 saturated heterocycles. The van der Waals surface area contributed by atoms with E-state index in [2.05, 4.69) is 5.32 Å². The standard InChI is InChI=1S/C25H23ClN2O3S/c26-21-8-4-9-22(16-21)31-14-13-28-17-18-5-3-7-20(15-18)25-23-10-2-1-6-19(23)11-12-24(25)32(27,29)30/h1-12,15-16,28H,13-14,17H2,(H2,27,29,30). The quantitative estimate of drug-likeness (QED) is 0.359. The summed E-state index contributed by atoms with van der Waals surface area (Å²) in [6.45, 7) is 1.76. The molecule has 0 heterocycles. The van der Waals surface area contributed by atoms with Crippen LogP contribution in [0.2, 0.25) is 5.02 Å². The van der Waals surface area contributed by atoms with Gasteiger partial charge in [0.05, 0.1) is 4.90 Å². The fraction of sp³-hybridized carbons (Fsp3) is 0.120. The number of nitrogens with two attached hydrogens (primary N) is 1. The maximum atomic E-state index is 12.3. The molecular weight excluding hydrogens is 444 g/mol. The van der Waals surface area contributed by atoms with E-state index in [1.807, 2.05) is 60.7 Å². The van der Waals surface area contributed by atoms with Crippen LogP contribution in [0.25, 0.3) is 21.9 Å². The highest BCUT2D eigenvalue weighted by Crippen LogP contribution is 2.34. The Hall–Kier alpha value is -2.90. The number of primary sulfonamides is 1. The third-order valence-corrected chi connectivity index (χ3v) is 6.27. The summed E-state index contributed by atoms with van der Waals surface area (Å²) >= 11 is 5.96. The summed E-state index contributed by atoms with van der Waals surface area (Å²) in [5.41, 5.74) is 2.45. The van der Waals surface area contributed by atoms with E-state index >= 15 is 0 Å². The van der Waals surface area contributed by atoms with Crippen molar-refractivity contribution in [2.75, 3.05) is 13.2 Å². The normalized spacial score (nSPS) is 11.6. The molecule has 32 heavy (non-hydrogen) atoms. The van der Waals surface area contributed by atoms with Gasteiger partial charge in [-0.25, -0.2) is 13.6 Å². The third kappa shape index (κ3) is 5.29. The highest BCUT2D eigenvalue weighted by atomic mass is 35.5. The number of nitrogens with one attached hydrogen (secondary N) is 1. The van der Waals surface area contributed by atoms with E-state index in [1.54, 1.807) is 24.3 Å². The molecule has 0 saturated carbocycles. The largest absolute Gasteiger partial charge is 0.492 e. The number of benzene rings is 4. The molecule has 3 N–H and O–H groups in total. The Morgan fingerprint density at radius 1 is 0.906 bits per heavy atom. The highest BCUT2D eigenvalue weighted by Gasteiger charge is 2.18. The summed E-state index contributed by atoms with van der Waals surface area (Å²) in [5.74, 6) is 0.729. The van der Waals surface area contributed by atoms with Crippen molar-refractivity contribution in [1.82, 2.24) is 5.32 Å². The molecule has 0 radical (unpaired) electrons. The van der Waals surface area contributed by atoms with Gasteiger partial charge in [0.1, 0.15) is 12.4 Å². The molecule has 0 bridgehead atoms. The van der Waals surface area contributed by atoms with Crippen LogP contribution in [0, 0.1) is 0 Å². The van der Waals surface area contributed by atoms with E-state index in [-0.39, 0.29) is 4.90 Å². The summed E-state index contributed by atoms with van der Waals surface area (Å²) in [4.78, 5) is 0.122. The topological polar surface area (TPSA) is 81.4 Å². The van der Waals surface area contributed by atoms with E-state index < -0.39 is 10.0 Å². The van der Waals surface area contributed by atoms with Crippen LogP contribution in [0.3, 0.4) is 0 Å². The van der Waals surface area contributed by atoms with Crippen LogP contribution >= 0.6 is 11.6 Å². The first-order chi connectivity index (χ1) is 15.4. The Balaban J connectivity index is 1.51. The molecule has 4 aromatic rings. The molecule has 0 aliphatic rings. The molecule has 0 aliphatic heterocycles. The zero-order valence-corrected chi connectivity index (χ0v) is 18.9. The number of ether oxygens (including phenoxy) is 1. The van der Waals surface area contributed by atoms with E-state index in [0.29, 0.717) is 30.3 Å². The summed E-state index contributed by atoms with van der Waals surface area (Å²) in [7, 11) is -3.88. The van der Waals surface area contributed by atoms with Crippen molar-refractivity contribution in [3.8, 4) is 16.9 Å². The highest BCUT2D eigenvalue weighted by molar-refractivity contribution is 7.89. The van der Waals surface area contributed by atoms with Gasteiger partial charge < -0.3 is 10.1 Å². The van der Waals surface area contributed by atoms with Gasteiger partial charge in [0, 0.05) is 23.7 Å². The van der Waals surface area contributed by atoms with Crippen molar-refractivity contribution in [3.63, 3.8) is 0 Å². The predicted molar refractivity (Wildman–Crippen MR) is 129 cm³/mol. The lowest BCUT2D eigenvalue weighted by Crippen LogP contribution is -2.20. The molecular formula is C25H23ClN2O3S. The van der Waals surface area contributed by atoms with Crippen LogP contribution in [-0.4, -0.2) is 21.6 Å². The van der Waals surface area contributed by atoms with Gasteiger partial charge in [-0.1, -0.05) is 66.2 Å². The van der Waals surface area contributed by atoms with Crippen LogP contribution in [0.1, 0.15) is 5.56 Å². The van der Waals surface area contributed by atoms with Gasteiger partial charge >= 0.3 is 0 Å². The lowest BCUT2D eigenvalue weighted by Gasteiger charge is -2.14. The minimum atomic E-state index is -3.88. The average molecular weight is 467 g/mol. The van der Waals surface area contributed by atoms with Gasteiger partial charge in [-0.3, -0.25) is 0 Å². The van der Waals surface area contributed by atoms with Crippen molar-refractivity contribution in [1.29, 1.82) is 0 Å². The SMILES string of the molecule is NS(=O)(=O)c1ccc2ccccc2c1-c1cccc(CNCCOc2cccc(Cl)c2)c1. The predicted octanol–water partition coefficient (Wildman–Crippen LogP) is 4.98. The Morgan fingerprint density at radius 3 is 2.53 bits per heavy atom. The molecule has 0 aromatic heterocycles. The zero-order chi connectivity index (χ0) is 22.6. The molecule has 7 heteroatoms. The molecule has 4 rings (SSSR count). The first-order valence-electron chi connectivity index (χ1n) is 10.1. The second-order valence-electron chi connectivity index (χ2n) is 7.39. The molecule has 0 fully saturated rings. The van der Waals surface area contributed by atoms with Gasteiger partial charge in [0.15, 0.2) is 0 Å². The monoisotopic (exact) mass is 466 g/mol. The molecule has 164 valence electrons. The minimum absolute atomic E-state index is 0.122. The first-order valence-corrected chi connectivity index (χ1v) is 12.1. The maximum absolute atomic E-state index is 12.3. The Morgan fingerprint density at radius 2 is 1.72 bits per heavy atom. The molecule has 0 atom stereocenters. The van der Waals surface area contributed by atoms with Crippen molar-refractivity contribution in [2.45, 2.75) is 11.4 Å². The second-order valence-corrected chi connectivity index (χ2v) is 9.35. The van der Waals surface area contributed by atoms with Crippen LogP contribution < -0.4 is 15.2 Å². The average Bonchev–Trinajstić information content (AvgIpc) is 2.78. The fourth-order valence-electron chi connectivity index (χ4n) is 3.65. The van der Waals surface area contributed by atoms with Gasteiger partial charge in [-0.2, -0.15) is 0 Å². The number of hydrogen-bond donors (Lipinski definition) is 2. The van der Waals surface area contributed by atoms with Crippen molar-refractivity contribution < 1.29 is 13.2 Å². The van der Waals surface area contributed by atoms with Crippen molar-refractivity contribution in [3.05, 3.63) is 95.5 Å². The Kier molecular flexibility index (Phi) is 6.77. The summed E-state index contributed by atoms with van der Waals surface area (Å²) in [6.07, 6.45) is 0. The number of sulfonamides is 1. The van der Waals surface area contributed by atoms with Crippen LogP contribution in [0.5, 0.6) is 5.75 Å². The summed E-state index contributed by atoms with van der Waals surface area (Å²) in [6, 6.07) is 26.1. The van der Waals surface area contributed by atoms with E-state index in [1.165, 1.54) is 0 Å². The number of halogens is 1. The molecule has 0 spiro atoms. The summed E-state index contributed by atoms with van der Waals surface area (Å²) in [5, 5.41) is 11.3. The minimum Gasteiger partial charge on any atom is -0.492 e. The number of rotatable bonds is 8. The van der Waals surface area contributed by atoms with Gasteiger partial charge in [-0.05, 0) is 52.2 Å². The zero-order valence-electron chi connectivity index (χ0n) is 17.3. The number of hydrogen-bond acceptors (Lipinski definition) is 4. The van der Waals surface area contributed by atoms with E-state index in [4.69, 9.17) is 21.5 Å². The Labute approximate surface area is 192 Å². The Bertz CT molecular complexity index is 1360. The fourth-order valence-corrected chi connectivity index (χ4v) is 4.60. The molecule has 4 aromatic carbocycles. The van der Waals surface area contributed by atoms with E-state index in [9.17, 15) is 8.42 Å². The molecule has 0 unspecified atom stereocenters. The first kappa shape index (κ1) is 22.3. The van der Waals surface area contributed by atoms with Crippen LogP contribution in [0.15, 0.2) is 89.8 Å². The maximum Gasteiger partial charge on any atom is 0.238 e. The lowest BCUT2D eigenvalue weighted by atomic mass is 9.97. The van der Waals surface area contributed by atoms with Gasteiger partial charge in [0.25, 0.3) is 0 Å². The second kappa shape index (κ2) is 9.71. The number of fused-ring (bicyclic) bond motifs is 1. The van der Waals surface area contributed by atoms with Crippen molar-refractivity contribution >= 4 is 32.4 Å². The van der Waals surface area contributed by atoms with Crippen molar-refractivity contribution in [2.24, 2.45) is 5.14 Å². The van der Waals surface area contributed by atoms with Gasteiger partial charge in [-0.15, -0.1) is 0 Å². The smallest absolute Gasteiger partial charge is 0.238 e. The van der Waals surface area contributed by atoms with Crippen LogP contribution in [0.4, 0.5) is 0 Å². The lowest BCUT2D eigenvalue weighted by molar-refractivity contribution is 0.313. The third-order valence-electron chi connectivity index (χ3n) is 5.09. The van der Waals surface area contributed by atoms with Crippen LogP contribution in [-0.2, 0) is 16.6 Å². The molecule has 0 aliphatic carbocycles.